The van der Waals surface area contributed by atoms with E-state index in [0.717, 1.165) is 19.3 Å². The maximum Gasteiger partial charge on any atom is 0.313 e. The zero-order valence-corrected chi connectivity index (χ0v) is 20.8. The van der Waals surface area contributed by atoms with E-state index in [1.54, 1.807) is 18.2 Å². The molecule has 34 heavy (non-hydrogen) atoms. The number of aromatic nitrogens is 1. The normalized spacial score (nSPS) is 41.7. The molecule has 2 unspecified atom stereocenters. The number of hydrogen-bond acceptors (Lipinski definition) is 6. The summed E-state index contributed by atoms with van der Waals surface area (Å²) in [6.45, 7) is 12.3. The quantitative estimate of drug-likeness (QED) is 0.295. The fraction of sp³-hybridized carbons (Fsp3) is 0.643. The lowest BCUT2D eigenvalue weighted by atomic mass is 9.44. The van der Waals surface area contributed by atoms with Gasteiger partial charge in [-0.2, -0.15) is 0 Å². The van der Waals surface area contributed by atoms with Gasteiger partial charge >= 0.3 is 5.97 Å². The minimum Gasteiger partial charge on any atom is -0.461 e. The van der Waals surface area contributed by atoms with Crippen molar-refractivity contribution < 1.29 is 24.2 Å². The molecule has 1 heterocycles. The molecule has 1 aromatic rings. The summed E-state index contributed by atoms with van der Waals surface area (Å²) in [5, 5.41) is 11.6. The molecule has 3 aliphatic rings. The van der Waals surface area contributed by atoms with Crippen molar-refractivity contribution in [2.75, 3.05) is 0 Å². The molecule has 184 valence electrons. The molecule has 0 radical (unpaired) electrons. The molecular formula is C28H37NO5. The first-order valence-electron chi connectivity index (χ1n) is 12.5. The number of aliphatic hydroxyl groups is 1. The molecule has 0 spiro atoms. The Kier molecular flexibility index (Phi) is 6.34. The highest BCUT2D eigenvalue weighted by molar-refractivity contribution is 6.05. The van der Waals surface area contributed by atoms with Crippen LogP contribution in [0.4, 0.5) is 0 Å². The third-order valence-corrected chi connectivity index (χ3v) is 9.88. The van der Waals surface area contributed by atoms with E-state index in [-0.39, 0.29) is 41.2 Å². The lowest BCUT2D eigenvalue weighted by molar-refractivity contribution is -0.206. The number of Topliss-reactive ketones (excluding diaryl/α,β-unsaturated/α-hetero) is 2. The summed E-state index contributed by atoms with van der Waals surface area (Å²) in [7, 11) is 0. The summed E-state index contributed by atoms with van der Waals surface area (Å²) in [6, 6.07) is 3.15. The Morgan fingerprint density at radius 2 is 1.91 bits per heavy atom. The molecule has 6 nitrogen and oxygen atoms in total. The maximum absolute atomic E-state index is 13.4. The number of ketones is 2. The summed E-state index contributed by atoms with van der Waals surface area (Å²) in [5.41, 5.74) is -1.19. The fourth-order valence-electron chi connectivity index (χ4n) is 7.47. The van der Waals surface area contributed by atoms with Gasteiger partial charge in [0.15, 0.2) is 5.78 Å². The number of nitrogens with zero attached hydrogens (tertiary/aromatic N) is 1. The molecule has 8 atom stereocenters. The van der Waals surface area contributed by atoms with Crippen molar-refractivity contribution in [2.45, 2.75) is 78.4 Å². The van der Waals surface area contributed by atoms with Gasteiger partial charge in [0.2, 0.25) is 0 Å². The largest absolute Gasteiger partial charge is 0.461 e. The molecule has 0 saturated heterocycles. The van der Waals surface area contributed by atoms with E-state index in [2.05, 4.69) is 32.3 Å². The number of ether oxygens (including phenoxy) is 1. The minimum atomic E-state index is -0.712. The molecular weight excluding hydrogens is 430 g/mol. The average Bonchev–Trinajstić information content (AvgIpc) is 3.18. The van der Waals surface area contributed by atoms with Crippen LogP contribution in [0.2, 0.25) is 0 Å². The molecule has 1 N–H and O–H groups in total. The molecule has 0 aliphatic heterocycles. The lowest BCUT2D eigenvalue weighted by Crippen LogP contribution is -2.63. The van der Waals surface area contributed by atoms with Crippen LogP contribution < -0.4 is 0 Å². The molecule has 1 aromatic heterocycles. The highest BCUT2D eigenvalue weighted by Gasteiger charge is 2.68. The second-order valence-corrected chi connectivity index (χ2v) is 11.4. The summed E-state index contributed by atoms with van der Waals surface area (Å²) in [6.07, 6.45) is 6.50. The van der Waals surface area contributed by atoms with E-state index < -0.39 is 29.0 Å². The van der Waals surface area contributed by atoms with Gasteiger partial charge in [-0.15, -0.1) is 6.58 Å². The van der Waals surface area contributed by atoms with Gasteiger partial charge in [0, 0.05) is 41.1 Å². The predicted octanol–water partition coefficient (Wildman–Crippen LogP) is 4.56. The van der Waals surface area contributed by atoms with Crippen molar-refractivity contribution in [1.29, 1.82) is 0 Å². The average molecular weight is 468 g/mol. The Balaban J connectivity index is 1.72. The van der Waals surface area contributed by atoms with E-state index in [1.165, 1.54) is 12.4 Å². The third kappa shape index (κ3) is 3.65. The number of esters is 1. The van der Waals surface area contributed by atoms with Crippen LogP contribution in [0.5, 0.6) is 0 Å². The van der Waals surface area contributed by atoms with Gasteiger partial charge in [-0.25, -0.2) is 0 Å². The molecule has 3 saturated carbocycles. The first-order valence-corrected chi connectivity index (χ1v) is 12.5. The van der Waals surface area contributed by atoms with Crippen LogP contribution in [0, 0.1) is 34.0 Å². The maximum atomic E-state index is 13.4. The van der Waals surface area contributed by atoms with Gasteiger partial charge in [0.05, 0.1) is 6.10 Å². The van der Waals surface area contributed by atoms with Gasteiger partial charge in [0.25, 0.3) is 0 Å². The van der Waals surface area contributed by atoms with Crippen molar-refractivity contribution in [3.8, 4) is 0 Å². The Hall–Kier alpha value is -2.34. The Bertz CT molecular complexity index is 992. The zero-order valence-electron chi connectivity index (χ0n) is 20.8. The van der Waals surface area contributed by atoms with Crippen LogP contribution in [0.1, 0.15) is 76.6 Å². The smallest absolute Gasteiger partial charge is 0.313 e. The summed E-state index contributed by atoms with van der Waals surface area (Å²) >= 11 is 0. The highest BCUT2D eigenvalue weighted by Crippen LogP contribution is 2.68. The first-order chi connectivity index (χ1) is 16.0. The molecule has 0 aromatic carbocycles. The van der Waals surface area contributed by atoms with Crippen molar-refractivity contribution in [3.05, 3.63) is 42.7 Å². The number of carbonyl (C=O) groups excluding carboxylic acids is 3. The van der Waals surface area contributed by atoms with Gasteiger partial charge < -0.3 is 9.84 Å². The van der Waals surface area contributed by atoms with Crippen LogP contribution >= 0.6 is 0 Å². The van der Waals surface area contributed by atoms with Crippen molar-refractivity contribution in [1.82, 2.24) is 4.98 Å². The summed E-state index contributed by atoms with van der Waals surface area (Å²) < 4.78 is 6.13. The Labute approximate surface area is 202 Å². The summed E-state index contributed by atoms with van der Waals surface area (Å²) in [5.74, 6) is -0.926. The zero-order chi connectivity index (χ0) is 24.9. The first kappa shape index (κ1) is 24.8. The molecule has 3 fully saturated rings. The number of aliphatic hydroxyl groups excluding tert-OH is 1. The second-order valence-electron chi connectivity index (χ2n) is 11.4. The van der Waals surface area contributed by atoms with Crippen LogP contribution in [0.25, 0.3) is 0 Å². The van der Waals surface area contributed by atoms with E-state index in [1.807, 2.05) is 6.92 Å². The second kappa shape index (κ2) is 8.71. The number of pyridine rings is 1. The highest BCUT2D eigenvalue weighted by atomic mass is 16.5. The topological polar surface area (TPSA) is 93.6 Å². The SMILES string of the molecule is C=C[C@@]1(C)C[C@@H](OC(=O)CC(=O)c2ccncc2)[C@]2(C)C(C)CC[C@]3(CCC(=O)C32)[C@@H](C)[C@@H]1O. The Morgan fingerprint density at radius 3 is 2.56 bits per heavy atom. The van der Waals surface area contributed by atoms with Gasteiger partial charge in [-0.3, -0.25) is 19.4 Å². The van der Waals surface area contributed by atoms with Gasteiger partial charge in [-0.1, -0.05) is 33.8 Å². The van der Waals surface area contributed by atoms with Crippen LogP contribution in [-0.2, 0) is 14.3 Å². The summed E-state index contributed by atoms with van der Waals surface area (Å²) in [4.78, 5) is 43.1. The predicted molar refractivity (Wildman–Crippen MR) is 128 cm³/mol. The monoisotopic (exact) mass is 467 g/mol. The van der Waals surface area contributed by atoms with E-state index >= 15 is 0 Å². The van der Waals surface area contributed by atoms with Crippen LogP contribution in [0.15, 0.2) is 37.2 Å². The van der Waals surface area contributed by atoms with E-state index in [9.17, 15) is 19.5 Å². The van der Waals surface area contributed by atoms with Crippen LogP contribution in [-0.4, -0.2) is 39.8 Å². The van der Waals surface area contributed by atoms with Crippen molar-refractivity contribution in [3.63, 3.8) is 0 Å². The molecule has 0 amide bonds. The standard InChI is InChI=1S/C28H37NO5/c1-6-26(4)16-22(34-23(32)15-21(31)19-9-13-29-14-10-19)27(5)17(2)7-11-28(18(3)25(26)33)12-8-20(30)24(27)28/h6,9-10,13-14,17-18,22,24-25,33H,1,7-8,11-12,15-16H2,2-5H3/t17?,18-,22+,24?,25-,26-,27-,28-/m0/s1. The van der Waals surface area contributed by atoms with Crippen molar-refractivity contribution >= 4 is 17.5 Å². The van der Waals surface area contributed by atoms with E-state index in [0.29, 0.717) is 18.4 Å². The number of carbonyl (C=O) groups is 3. The number of hydrogen-bond donors (Lipinski definition) is 1. The minimum absolute atomic E-state index is 0.0799. The molecule has 2 bridgehead atoms. The van der Waals surface area contributed by atoms with Crippen molar-refractivity contribution in [2.24, 2.45) is 34.0 Å². The Morgan fingerprint density at radius 1 is 1.24 bits per heavy atom. The van der Waals surface area contributed by atoms with Gasteiger partial charge in [0.1, 0.15) is 18.3 Å². The third-order valence-electron chi connectivity index (χ3n) is 9.88. The van der Waals surface area contributed by atoms with E-state index in [4.69, 9.17) is 4.74 Å². The molecule has 4 rings (SSSR count). The van der Waals surface area contributed by atoms with Crippen LogP contribution in [0.3, 0.4) is 0 Å². The fourth-order valence-corrected chi connectivity index (χ4v) is 7.47. The number of rotatable bonds is 5. The lowest BCUT2D eigenvalue weighted by Gasteiger charge is -2.61. The molecule has 3 aliphatic carbocycles. The molecule has 6 heteroatoms. The van der Waals surface area contributed by atoms with Gasteiger partial charge in [-0.05, 0) is 55.1 Å².